The number of fused-ring (bicyclic) bond motifs is 1. The van der Waals surface area contributed by atoms with E-state index in [1.54, 1.807) is 18.3 Å². The number of hydrogen-bond acceptors (Lipinski definition) is 5. The monoisotopic (exact) mass is 457 g/mol. The second-order valence-electron chi connectivity index (χ2n) is 8.02. The maximum atomic E-state index is 13.4. The molecule has 3 rings (SSSR count). The molecule has 0 spiro atoms. The highest BCUT2D eigenvalue weighted by molar-refractivity contribution is 6.76. The van der Waals surface area contributed by atoms with Gasteiger partial charge in [0.1, 0.15) is 11.9 Å². The molecule has 1 N–H and O–H groups in total. The zero-order valence-corrected chi connectivity index (χ0v) is 18.6. The molecule has 0 saturated carbocycles. The van der Waals surface area contributed by atoms with E-state index in [0.29, 0.717) is 23.1 Å². The number of alkyl halides is 3. The minimum atomic E-state index is -3.18. The van der Waals surface area contributed by atoms with Gasteiger partial charge in [-0.05, 0) is 24.2 Å². The highest BCUT2D eigenvalue weighted by Crippen LogP contribution is 2.29. The van der Waals surface area contributed by atoms with Gasteiger partial charge in [0.2, 0.25) is 12.2 Å². The Morgan fingerprint density at radius 2 is 1.97 bits per heavy atom. The van der Waals surface area contributed by atoms with Crippen molar-refractivity contribution in [2.24, 2.45) is 0 Å². The number of nitrogens with zero attached hydrogens (tertiary/aromatic N) is 4. The number of ether oxygens (including phenoxy) is 1. The molecule has 11 heteroatoms. The summed E-state index contributed by atoms with van der Waals surface area (Å²) in [5.74, 6) is -0.229. The Labute approximate surface area is 178 Å². The van der Waals surface area contributed by atoms with Crippen LogP contribution in [0.4, 0.5) is 19.1 Å². The molecule has 1 atom stereocenters. The van der Waals surface area contributed by atoms with Crippen LogP contribution in [0.3, 0.4) is 0 Å². The number of pyridine rings is 1. The lowest BCUT2D eigenvalue weighted by Gasteiger charge is -2.17. The van der Waals surface area contributed by atoms with Crippen LogP contribution in [-0.2, 0) is 11.5 Å². The molecule has 1 unspecified atom stereocenters. The van der Waals surface area contributed by atoms with Crippen LogP contribution in [0.25, 0.3) is 22.3 Å². The van der Waals surface area contributed by atoms with Crippen LogP contribution in [0.5, 0.6) is 0 Å². The van der Waals surface area contributed by atoms with Crippen LogP contribution in [0.1, 0.15) is 0 Å². The zero-order valence-electron chi connectivity index (χ0n) is 16.9. The third-order valence-corrected chi connectivity index (χ3v) is 6.29. The van der Waals surface area contributed by atoms with Crippen molar-refractivity contribution >= 4 is 36.5 Å². The van der Waals surface area contributed by atoms with E-state index >= 15 is 0 Å². The van der Waals surface area contributed by atoms with E-state index in [4.69, 9.17) is 16.3 Å². The van der Waals surface area contributed by atoms with Gasteiger partial charge in [0.15, 0.2) is 0 Å². The van der Waals surface area contributed by atoms with E-state index in [1.807, 2.05) is 16.0 Å². The molecule has 162 valence electrons. The fraction of sp³-hybridized carbons (Fsp3) is 0.421. The average Bonchev–Trinajstić information content (AvgIpc) is 3.02. The van der Waals surface area contributed by atoms with Crippen LogP contribution < -0.4 is 5.32 Å². The maximum absolute atomic E-state index is 13.4. The molecule has 3 aromatic heterocycles. The summed E-state index contributed by atoms with van der Waals surface area (Å²) >= 11 is 6.07. The number of halogens is 4. The van der Waals surface area contributed by atoms with Gasteiger partial charge >= 0.3 is 0 Å². The minimum absolute atomic E-state index is 0.229. The Hall–Kier alpha value is -2.17. The summed E-state index contributed by atoms with van der Waals surface area (Å²) in [5.41, 5.74) is 1.87. The largest absolute Gasteiger partial charge is 0.361 e. The number of hydrogen-bond donors (Lipinski definition) is 1. The van der Waals surface area contributed by atoms with Crippen molar-refractivity contribution in [3.05, 3.63) is 35.7 Å². The zero-order chi connectivity index (χ0) is 21.9. The third kappa shape index (κ3) is 5.70. The topological polar surface area (TPSA) is 64.9 Å². The molecule has 0 aliphatic rings. The first-order valence-electron chi connectivity index (χ1n) is 9.39. The number of nitrogens with one attached hydrogen (secondary N) is 1. The lowest BCUT2D eigenvalue weighted by Crippen LogP contribution is -2.23. The van der Waals surface area contributed by atoms with Gasteiger partial charge in [0.05, 0.1) is 16.9 Å². The van der Waals surface area contributed by atoms with Crippen LogP contribution in [-0.4, -0.2) is 46.9 Å². The van der Waals surface area contributed by atoms with Gasteiger partial charge in [0.25, 0.3) is 6.43 Å². The fourth-order valence-electron chi connectivity index (χ4n) is 2.77. The third-order valence-electron chi connectivity index (χ3n) is 4.38. The molecule has 0 aromatic carbocycles. The Kier molecular flexibility index (Phi) is 6.99. The first kappa shape index (κ1) is 22.5. The molecular formula is C19H23ClF3N5OSi. The van der Waals surface area contributed by atoms with Gasteiger partial charge < -0.3 is 14.6 Å². The second kappa shape index (κ2) is 9.32. The van der Waals surface area contributed by atoms with Crippen LogP contribution >= 0.6 is 11.6 Å². The molecule has 6 nitrogen and oxygen atoms in total. The van der Waals surface area contributed by atoms with Crippen molar-refractivity contribution in [2.45, 2.75) is 45.1 Å². The molecule has 0 amide bonds. The molecule has 0 bridgehead atoms. The Morgan fingerprint density at radius 1 is 1.20 bits per heavy atom. The Balaban J connectivity index is 1.93. The number of aromatic nitrogens is 4. The predicted octanol–water partition coefficient (Wildman–Crippen LogP) is 5.43. The molecule has 30 heavy (non-hydrogen) atoms. The van der Waals surface area contributed by atoms with Gasteiger partial charge in [0, 0.05) is 32.5 Å². The number of rotatable bonds is 9. The highest BCUT2D eigenvalue weighted by Gasteiger charge is 2.21. The van der Waals surface area contributed by atoms with Crippen molar-refractivity contribution in [1.29, 1.82) is 0 Å². The first-order chi connectivity index (χ1) is 14.1. The molecule has 3 heterocycles. The van der Waals surface area contributed by atoms with Gasteiger partial charge in [-0.3, -0.25) is 0 Å². The summed E-state index contributed by atoms with van der Waals surface area (Å²) in [7, 11) is -1.24. The molecule has 0 radical (unpaired) electrons. The van der Waals surface area contributed by atoms with Crippen molar-refractivity contribution in [3.63, 3.8) is 0 Å². The highest BCUT2D eigenvalue weighted by atomic mass is 35.5. The maximum Gasteiger partial charge on any atom is 0.287 e. The molecule has 0 aliphatic carbocycles. The first-order valence-corrected chi connectivity index (χ1v) is 13.5. The summed E-state index contributed by atoms with van der Waals surface area (Å²) in [6, 6.07) is 6.18. The van der Waals surface area contributed by atoms with Gasteiger partial charge in [-0.15, -0.1) is 0 Å². The SMILES string of the molecule is C[Si](C)(C)CCOCn1c(-c2ccnc(NC(F)C(F)F)n2)cc2cnc(Cl)cc21. The molecule has 0 fully saturated rings. The van der Waals surface area contributed by atoms with Crippen LogP contribution in [0, 0.1) is 0 Å². The predicted molar refractivity (Wildman–Crippen MR) is 114 cm³/mol. The Morgan fingerprint density at radius 3 is 2.67 bits per heavy atom. The van der Waals surface area contributed by atoms with Gasteiger partial charge in [-0.25, -0.2) is 28.1 Å². The Bertz CT molecular complexity index is 1010. The summed E-state index contributed by atoms with van der Waals surface area (Å²) in [5, 5.41) is 3.12. The second-order valence-corrected chi connectivity index (χ2v) is 14.0. The van der Waals surface area contributed by atoms with E-state index in [9.17, 15) is 13.2 Å². The lowest BCUT2D eigenvalue weighted by molar-refractivity contribution is 0.0646. The minimum Gasteiger partial charge on any atom is -0.361 e. The van der Waals surface area contributed by atoms with E-state index < -0.39 is 20.8 Å². The van der Waals surface area contributed by atoms with Crippen molar-refractivity contribution in [3.8, 4) is 11.4 Å². The number of anilines is 1. The summed E-state index contributed by atoms with van der Waals surface area (Å²) in [6.45, 7) is 7.67. The summed E-state index contributed by atoms with van der Waals surface area (Å²) < 4.78 is 46.1. The van der Waals surface area contributed by atoms with E-state index in [0.717, 1.165) is 16.9 Å². The van der Waals surface area contributed by atoms with Crippen molar-refractivity contribution in [1.82, 2.24) is 19.5 Å². The van der Waals surface area contributed by atoms with Crippen molar-refractivity contribution < 1.29 is 17.9 Å². The quantitative estimate of drug-likeness (QED) is 0.201. The van der Waals surface area contributed by atoms with Gasteiger partial charge in [-0.1, -0.05) is 31.2 Å². The fourth-order valence-corrected chi connectivity index (χ4v) is 3.68. The molecule has 0 aliphatic heterocycles. The standard InChI is InChI=1S/C19H23ClF3N5OSi/c1-30(2,3)7-6-29-11-28-14-9-16(20)25-10-12(14)8-15(28)13-4-5-24-19(26-13)27-18(23)17(21)22/h4-5,8-10,17-18H,6-7,11H2,1-3H3,(H,24,26,27). The molecule has 0 saturated heterocycles. The summed E-state index contributed by atoms with van der Waals surface area (Å²) in [6.07, 6.45) is -2.73. The normalized spacial score (nSPS) is 13.2. The van der Waals surface area contributed by atoms with Crippen LogP contribution in [0.2, 0.25) is 30.8 Å². The van der Waals surface area contributed by atoms with Gasteiger partial charge in [-0.2, -0.15) is 0 Å². The van der Waals surface area contributed by atoms with Crippen molar-refractivity contribution in [2.75, 3.05) is 11.9 Å². The van der Waals surface area contributed by atoms with Crippen LogP contribution in [0.15, 0.2) is 30.6 Å². The average molecular weight is 458 g/mol. The van der Waals surface area contributed by atoms with E-state index in [1.165, 1.54) is 6.20 Å². The molecule has 3 aromatic rings. The van der Waals surface area contributed by atoms with E-state index in [-0.39, 0.29) is 12.7 Å². The van der Waals surface area contributed by atoms with E-state index in [2.05, 4.69) is 34.6 Å². The molecular weight excluding hydrogens is 435 g/mol. The lowest BCUT2D eigenvalue weighted by atomic mass is 10.3. The smallest absolute Gasteiger partial charge is 0.287 e. The summed E-state index contributed by atoms with van der Waals surface area (Å²) in [4.78, 5) is 12.1.